The van der Waals surface area contributed by atoms with Crippen LogP contribution in [0.15, 0.2) is 18.2 Å². The highest BCUT2D eigenvalue weighted by molar-refractivity contribution is 7.12. The number of allylic oxidation sites excluding steroid dienone is 1. The summed E-state index contributed by atoms with van der Waals surface area (Å²) in [5.74, 6) is 0.650. The molecule has 0 N–H and O–H groups in total. The quantitative estimate of drug-likeness (QED) is 0.628. The molecule has 0 aliphatic rings. The first-order valence-corrected chi connectivity index (χ1v) is 4.75. The maximum absolute atomic E-state index is 2.23. The summed E-state index contributed by atoms with van der Waals surface area (Å²) in [6.07, 6.45) is 4.42. The average Bonchev–Trinajstić information content (AvgIpc) is 2.31. The van der Waals surface area contributed by atoms with Gasteiger partial charge >= 0.3 is 0 Å². The van der Waals surface area contributed by atoms with E-state index < -0.39 is 0 Å². The van der Waals surface area contributed by atoms with Crippen LogP contribution in [0.3, 0.4) is 0 Å². The number of hydrogen-bond donors (Lipinski definition) is 0. The van der Waals surface area contributed by atoms with Crippen LogP contribution in [0.5, 0.6) is 0 Å². The molecule has 0 bridgehead atoms. The van der Waals surface area contributed by atoms with Crippen molar-refractivity contribution in [1.29, 1.82) is 0 Å². The van der Waals surface area contributed by atoms with E-state index in [0.717, 1.165) is 0 Å². The summed E-state index contributed by atoms with van der Waals surface area (Å²) in [6, 6.07) is 4.32. The van der Waals surface area contributed by atoms with Crippen molar-refractivity contribution in [3.05, 3.63) is 28.0 Å². The Labute approximate surface area is 72.6 Å². The standard InChI is InChI=1S/C10H14S/c1-8(2)4-6-10-7-5-9(3)11-10/h4-8H,1-3H3/b6-4+. The second-order valence-electron chi connectivity index (χ2n) is 3.05. The van der Waals surface area contributed by atoms with Gasteiger partial charge < -0.3 is 0 Å². The first kappa shape index (κ1) is 8.54. The molecule has 1 heteroatoms. The van der Waals surface area contributed by atoms with Gasteiger partial charge in [-0.15, -0.1) is 11.3 Å². The van der Waals surface area contributed by atoms with Crippen LogP contribution in [0.1, 0.15) is 23.6 Å². The van der Waals surface area contributed by atoms with Gasteiger partial charge in [0.2, 0.25) is 0 Å². The van der Waals surface area contributed by atoms with E-state index in [9.17, 15) is 0 Å². The first-order chi connectivity index (χ1) is 5.18. The Bertz CT molecular complexity index is 243. The second kappa shape index (κ2) is 3.72. The molecule has 0 aromatic carbocycles. The van der Waals surface area contributed by atoms with E-state index in [1.165, 1.54) is 9.75 Å². The Balaban J connectivity index is 2.64. The van der Waals surface area contributed by atoms with Crippen LogP contribution < -0.4 is 0 Å². The summed E-state index contributed by atoms with van der Waals surface area (Å²) in [4.78, 5) is 2.74. The van der Waals surface area contributed by atoms with Crippen LogP contribution in [0, 0.1) is 12.8 Å². The molecule has 1 aromatic rings. The van der Waals surface area contributed by atoms with Crippen molar-refractivity contribution in [2.24, 2.45) is 5.92 Å². The largest absolute Gasteiger partial charge is 0.141 e. The maximum atomic E-state index is 2.23. The highest BCUT2D eigenvalue weighted by atomic mass is 32.1. The van der Waals surface area contributed by atoms with Gasteiger partial charge in [-0.05, 0) is 31.1 Å². The molecule has 0 aliphatic heterocycles. The predicted molar refractivity (Wildman–Crippen MR) is 52.9 cm³/mol. The van der Waals surface area contributed by atoms with E-state index >= 15 is 0 Å². The van der Waals surface area contributed by atoms with Crippen LogP contribution in [0.4, 0.5) is 0 Å². The van der Waals surface area contributed by atoms with Crippen molar-refractivity contribution in [3.63, 3.8) is 0 Å². The summed E-state index contributed by atoms with van der Waals surface area (Å²) < 4.78 is 0. The van der Waals surface area contributed by atoms with E-state index in [1.807, 2.05) is 11.3 Å². The topological polar surface area (TPSA) is 0 Å². The minimum Gasteiger partial charge on any atom is -0.141 e. The molecule has 0 spiro atoms. The van der Waals surface area contributed by atoms with E-state index in [4.69, 9.17) is 0 Å². The maximum Gasteiger partial charge on any atom is 0.0270 e. The molecule has 1 heterocycles. The van der Waals surface area contributed by atoms with E-state index in [2.05, 4.69) is 45.1 Å². The molecule has 0 fully saturated rings. The first-order valence-electron chi connectivity index (χ1n) is 3.93. The van der Waals surface area contributed by atoms with Gasteiger partial charge in [0.15, 0.2) is 0 Å². The second-order valence-corrected chi connectivity index (χ2v) is 4.37. The van der Waals surface area contributed by atoms with Gasteiger partial charge in [0.25, 0.3) is 0 Å². The Hall–Kier alpha value is -0.560. The Morgan fingerprint density at radius 1 is 1.36 bits per heavy atom. The molecule has 0 saturated heterocycles. The predicted octanol–water partition coefficient (Wildman–Crippen LogP) is 3.73. The van der Waals surface area contributed by atoms with Crippen molar-refractivity contribution >= 4 is 17.4 Å². The zero-order valence-corrected chi connectivity index (χ0v) is 8.11. The Morgan fingerprint density at radius 2 is 2.09 bits per heavy atom. The Kier molecular flexibility index (Phi) is 2.89. The SMILES string of the molecule is Cc1ccc(/C=C/C(C)C)s1. The zero-order chi connectivity index (χ0) is 8.27. The van der Waals surface area contributed by atoms with Gasteiger partial charge in [-0.1, -0.05) is 19.9 Å². The monoisotopic (exact) mass is 166 g/mol. The number of rotatable bonds is 2. The van der Waals surface area contributed by atoms with Crippen molar-refractivity contribution in [2.75, 3.05) is 0 Å². The van der Waals surface area contributed by atoms with Crippen LogP contribution in [-0.4, -0.2) is 0 Å². The van der Waals surface area contributed by atoms with E-state index in [0.29, 0.717) is 5.92 Å². The summed E-state index contributed by atoms with van der Waals surface area (Å²) in [5.41, 5.74) is 0. The minimum absolute atomic E-state index is 0.650. The molecule has 0 amide bonds. The third-order valence-corrected chi connectivity index (χ3v) is 2.37. The molecule has 60 valence electrons. The summed E-state index contributed by atoms with van der Waals surface area (Å²) in [7, 11) is 0. The molecular formula is C10H14S. The molecule has 11 heavy (non-hydrogen) atoms. The van der Waals surface area contributed by atoms with Crippen LogP contribution in [0.2, 0.25) is 0 Å². The zero-order valence-electron chi connectivity index (χ0n) is 7.29. The molecule has 0 atom stereocenters. The third-order valence-electron chi connectivity index (χ3n) is 1.41. The van der Waals surface area contributed by atoms with Gasteiger partial charge in [0.05, 0.1) is 0 Å². The third kappa shape index (κ3) is 2.89. The fourth-order valence-corrected chi connectivity index (χ4v) is 1.62. The smallest absolute Gasteiger partial charge is 0.0270 e. The van der Waals surface area contributed by atoms with Crippen LogP contribution in [-0.2, 0) is 0 Å². The number of hydrogen-bond acceptors (Lipinski definition) is 1. The van der Waals surface area contributed by atoms with Gasteiger partial charge in [-0.2, -0.15) is 0 Å². The summed E-state index contributed by atoms with van der Waals surface area (Å²) >= 11 is 1.84. The van der Waals surface area contributed by atoms with Crippen molar-refractivity contribution in [3.8, 4) is 0 Å². The average molecular weight is 166 g/mol. The lowest BCUT2D eigenvalue weighted by atomic mass is 10.2. The molecule has 1 aromatic heterocycles. The molecule has 0 aliphatic carbocycles. The van der Waals surface area contributed by atoms with Gasteiger partial charge in [-0.25, -0.2) is 0 Å². The molecule has 0 radical (unpaired) electrons. The Morgan fingerprint density at radius 3 is 2.55 bits per heavy atom. The van der Waals surface area contributed by atoms with Crippen molar-refractivity contribution < 1.29 is 0 Å². The summed E-state index contributed by atoms with van der Waals surface area (Å²) in [5, 5.41) is 0. The molecule has 1 rings (SSSR count). The van der Waals surface area contributed by atoms with Gasteiger partial charge in [-0.3, -0.25) is 0 Å². The molecule has 0 saturated carbocycles. The minimum atomic E-state index is 0.650. The highest BCUT2D eigenvalue weighted by Crippen LogP contribution is 2.16. The van der Waals surface area contributed by atoms with E-state index in [1.54, 1.807) is 0 Å². The molecule has 0 nitrogen and oxygen atoms in total. The van der Waals surface area contributed by atoms with E-state index in [-0.39, 0.29) is 0 Å². The number of thiophene rings is 1. The summed E-state index contributed by atoms with van der Waals surface area (Å²) in [6.45, 7) is 6.52. The lowest BCUT2D eigenvalue weighted by Gasteiger charge is -1.90. The number of aryl methyl sites for hydroxylation is 1. The highest BCUT2D eigenvalue weighted by Gasteiger charge is 1.90. The lowest BCUT2D eigenvalue weighted by molar-refractivity contribution is 0.836. The van der Waals surface area contributed by atoms with Gasteiger partial charge in [0, 0.05) is 9.75 Å². The van der Waals surface area contributed by atoms with Crippen molar-refractivity contribution in [2.45, 2.75) is 20.8 Å². The van der Waals surface area contributed by atoms with Crippen molar-refractivity contribution in [1.82, 2.24) is 0 Å². The molecular weight excluding hydrogens is 152 g/mol. The lowest BCUT2D eigenvalue weighted by Crippen LogP contribution is -1.74. The van der Waals surface area contributed by atoms with Crippen LogP contribution >= 0.6 is 11.3 Å². The fraction of sp³-hybridized carbons (Fsp3) is 0.400. The molecule has 0 unspecified atom stereocenters. The fourth-order valence-electron chi connectivity index (χ4n) is 0.830. The normalized spacial score (nSPS) is 11.6. The van der Waals surface area contributed by atoms with Crippen LogP contribution in [0.25, 0.3) is 6.08 Å². The van der Waals surface area contributed by atoms with Gasteiger partial charge in [0.1, 0.15) is 0 Å².